The van der Waals surface area contributed by atoms with Crippen LogP contribution in [0, 0.1) is 5.92 Å². The molecule has 3 rings (SSSR count). The van der Waals surface area contributed by atoms with Crippen molar-refractivity contribution in [3.8, 4) is 11.3 Å². The molecule has 1 fully saturated rings. The van der Waals surface area contributed by atoms with Gasteiger partial charge in [-0.1, -0.05) is 65.9 Å². The molecule has 1 aromatic heterocycles. The van der Waals surface area contributed by atoms with Crippen LogP contribution in [-0.2, 0) is 9.59 Å². The van der Waals surface area contributed by atoms with Gasteiger partial charge < -0.3 is 14.3 Å². The fourth-order valence-electron chi connectivity index (χ4n) is 2.72. The van der Waals surface area contributed by atoms with Gasteiger partial charge in [0.2, 0.25) is 0 Å². The predicted octanol–water partition coefficient (Wildman–Crippen LogP) is 3.68. The number of carbonyl (C=O) groups excluding carboxylic acids is 2. The number of halogens is 1. The largest absolute Gasteiger partial charge is 0.548 e. The zero-order chi connectivity index (χ0) is 19.7. The number of hydrogen-bond acceptors (Lipinski definition) is 6. The lowest BCUT2D eigenvalue weighted by molar-refractivity contribution is -0.311. The minimum absolute atomic E-state index is 0.203. The van der Waals surface area contributed by atoms with Crippen molar-refractivity contribution in [1.29, 1.82) is 0 Å². The first-order chi connectivity index (χ1) is 12.8. The van der Waals surface area contributed by atoms with E-state index < -0.39 is 17.9 Å². The maximum Gasteiger partial charge on any atom is 0.266 e. The smallest absolute Gasteiger partial charge is 0.266 e. The van der Waals surface area contributed by atoms with Gasteiger partial charge in [-0.05, 0) is 30.2 Å². The molecule has 1 atom stereocenters. The zero-order valence-electron chi connectivity index (χ0n) is 14.5. The highest BCUT2D eigenvalue weighted by molar-refractivity contribution is 9.10. The Morgan fingerprint density at radius 1 is 1.26 bits per heavy atom. The van der Waals surface area contributed by atoms with Crippen LogP contribution in [-0.4, -0.2) is 27.1 Å². The Bertz CT molecular complexity index is 933. The zero-order valence-corrected chi connectivity index (χ0v) is 17.7. The number of thiocarbonyl (C=S) groups is 1. The number of carboxylic acid groups (broad SMARTS) is 1. The van der Waals surface area contributed by atoms with Gasteiger partial charge >= 0.3 is 0 Å². The van der Waals surface area contributed by atoms with Crippen LogP contribution in [0.15, 0.2) is 50.2 Å². The Hall–Kier alpha value is -1.90. The molecule has 2 aromatic rings. The van der Waals surface area contributed by atoms with E-state index >= 15 is 0 Å². The van der Waals surface area contributed by atoms with Crippen molar-refractivity contribution in [2.75, 3.05) is 0 Å². The van der Waals surface area contributed by atoms with Crippen molar-refractivity contribution in [3.05, 3.63) is 51.5 Å². The van der Waals surface area contributed by atoms with Crippen molar-refractivity contribution in [2.24, 2.45) is 5.92 Å². The van der Waals surface area contributed by atoms with E-state index in [1.54, 1.807) is 26.0 Å². The van der Waals surface area contributed by atoms with E-state index in [4.69, 9.17) is 16.6 Å². The molecule has 27 heavy (non-hydrogen) atoms. The molecule has 0 unspecified atom stereocenters. The normalized spacial score (nSPS) is 17.2. The highest BCUT2D eigenvalue weighted by Gasteiger charge is 2.39. The third-order valence-corrected chi connectivity index (χ3v) is 5.86. The number of amides is 1. The SMILES string of the molecule is CC(C)[C@@H](C(=O)[O-])N1C(=O)/C(=C/c2ccc(-c3ccc(Br)cc3)o2)SC1=S. The maximum atomic E-state index is 12.7. The van der Waals surface area contributed by atoms with E-state index in [0.29, 0.717) is 16.4 Å². The number of rotatable bonds is 5. The Morgan fingerprint density at radius 3 is 2.52 bits per heavy atom. The fraction of sp³-hybridized carbons (Fsp3) is 0.211. The van der Waals surface area contributed by atoms with Gasteiger partial charge in [0.05, 0.1) is 16.9 Å². The predicted molar refractivity (Wildman–Crippen MR) is 110 cm³/mol. The molecular weight excluding hydrogens is 450 g/mol. The molecule has 1 amide bonds. The summed E-state index contributed by atoms with van der Waals surface area (Å²) in [5.74, 6) is -0.945. The summed E-state index contributed by atoms with van der Waals surface area (Å²) in [7, 11) is 0. The van der Waals surface area contributed by atoms with Crippen molar-refractivity contribution >= 4 is 62.2 Å². The lowest BCUT2D eigenvalue weighted by atomic mass is 10.0. The number of nitrogens with zero attached hydrogens (tertiary/aromatic N) is 1. The van der Waals surface area contributed by atoms with E-state index in [0.717, 1.165) is 26.7 Å². The molecule has 1 aliphatic rings. The number of carbonyl (C=O) groups is 2. The molecule has 8 heteroatoms. The number of hydrogen-bond donors (Lipinski definition) is 0. The molecule has 5 nitrogen and oxygen atoms in total. The lowest BCUT2D eigenvalue weighted by Crippen LogP contribution is -2.52. The second-order valence-electron chi connectivity index (χ2n) is 6.27. The van der Waals surface area contributed by atoms with Crippen molar-refractivity contribution < 1.29 is 19.1 Å². The van der Waals surface area contributed by atoms with E-state index in [2.05, 4.69) is 15.9 Å². The maximum absolute atomic E-state index is 12.7. The average Bonchev–Trinajstić information content (AvgIpc) is 3.16. The molecule has 0 radical (unpaired) electrons. The van der Waals surface area contributed by atoms with Gasteiger partial charge in [-0.2, -0.15) is 0 Å². The standard InChI is InChI=1S/C19H16BrNO4S2/c1-10(2)16(18(23)24)21-17(22)15(27-19(21)26)9-13-7-8-14(25-13)11-3-5-12(20)6-4-11/h3-10,16H,1-2H3,(H,23,24)/p-1/b15-9-/t16-/m0/s1. The summed E-state index contributed by atoms with van der Waals surface area (Å²) >= 11 is 9.67. The molecule has 1 aliphatic heterocycles. The van der Waals surface area contributed by atoms with Crippen LogP contribution in [0.3, 0.4) is 0 Å². The third-order valence-electron chi connectivity index (χ3n) is 4.00. The Labute approximate surface area is 174 Å². The van der Waals surface area contributed by atoms with Gasteiger partial charge in [-0.15, -0.1) is 0 Å². The van der Waals surface area contributed by atoms with Crippen LogP contribution in [0.1, 0.15) is 19.6 Å². The molecule has 0 saturated carbocycles. The third kappa shape index (κ3) is 4.17. The van der Waals surface area contributed by atoms with Crippen LogP contribution < -0.4 is 5.11 Å². The van der Waals surface area contributed by atoms with Crippen LogP contribution in [0.4, 0.5) is 0 Å². The minimum atomic E-state index is -1.32. The van der Waals surface area contributed by atoms with Crippen molar-refractivity contribution in [2.45, 2.75) is 19.9 Å². The Morgan fingerprint density at radius 2 is 1.93 bits per heavy atom. The fourth-order valence-corrected chi connectivity index (χ4v) is 4.30. The molecule has 140 valence electrons. The molecule has 1 saturated heterocycles. The number of aliphatic carboxylic acids is 1. The molecular formula is C19H15BrNO4S2-. The molecule has 2 heterocycles. The first kappa shape index (κ1) is 19.9. The molecule has 0 bridgehead atoms. The highest BCUT2D eigenvalue weighted by Crippen LogP contribution is 2.36. The van der Waals surface area contributed by atoms with Crippen molar-refractivity contribution in [1.82, 2.24) is 4.90 Å². The Kier molecular flexibility index (Phi) is 5.88. The van der Waals surface area contributed by atoms with Gasteiger partial charge in [-0.3, -0.25) is 9.69 Å². The Balaban J connectivity index is 1.86. The van der Waals surface area contributed by atoms with Crippen LogP contribution in [0.5, 0.6) is 0 Å². The van der Waals surface area contributed by atoms with Crippen LogP contribution in [0.25, 0.3) is 17.4 Å². The van der Waals surface area contributed by atoms with Crippen LogP contribution in [0.2, 0.25) is 0 Å². The monoisotopic (exact) mass is 464 g/mol. The molecule has 0 spiro atoms. The van der Waals surface area contributed by atoms with E-state index in [9.17, 15) is 14.7 Å². The topological polar surface area (TPSA) is 73.6 Å². The molecule has 0 N–H and O–H groups in total. The molecule has 1 aromatic carbocycles. The van der Waals surface area contributed by atoms with Crippen LogP contribution >= 0.6 is 39.9 Å². The lowest BCUT2D eigenvalue weighted by Gasteiger charge is -2.30. The summed E-state index contributed by atoms with van der Waals surface area (Å²) in [6.07, 6.45) is 1.58. The number of thioether (sulfide) groups is 1. The van der Waals surface area contributed by atoms with Gasteiger partial charge in [0.25, 0.3) is 5.91 Å². The summed E-state index contributed by atoms with van der Waals surface area (Å²) in [6.45, 7) is 3.42. The van der Waals surface area contributed by atoms with Crippen molar-refractivity contribution in [3.63, 3.8) is 0 Å². The molecule has 0 aliphatic carbocycles. The van der Waals surface area contributed by atoms with Gasteiger partial charge in [0.15, 0.2) is 0 Å². The van der Waals surface area contributed by atoms with Gasteiger partial charge in [-0.25, -0.2) is 0 Å². The second kappa shape index (κ2) is 8.00. The van der Waals surface area contributed by atoms with E-state index in [-0.39, 0.29) is 10.2 Å². The minimum Gasteiger partial charge on any atom is -0.548 e. The second-order valence-corrected chi connectivity index (χ2v) is 8.86. The summed E-state index contributed by atoms with van der Waals surface area (Å²) < 4.78 is 6.97. The highest BCUT2D eigenvalue weighted by atomic mass is 79.9. The summed E-state index contributed by atoms with van der Waals surface area (Å²) in [4.78, 5) is 25.6. The van der Waals surface area contributed by atoms with Gasteiger partial charge in [0.1, 0.15) is 15.8 Å². The first-order valence-electron chi connectivity index (χ1n) is 8.11. The summed E-state index contributed by atoms with van der Waals surface area (Å²) in [5, 5.41) is 11.5. The average molecular weight is 465 g/mol. The first-order valence-corrected chi connectivity index (χ1v) is 10.1. The summed E-state index contributed by atoms with van der Waals surface area (Å²) in [5.41, 5.74) is 0.905. The number of furan rings is 1. The number of carboxylic acids is 1. The quantitative estimate of drug-likeness (QED) is 0.496. The number of benzene rings is 1. The van der Waals surface area contributed by atoms with E-state index in [1.165, 1.54) is 0 Å². The summed E-state index contributed by atoms with van der Waals surface area (Å²) in [6, 6.07) is 10.1. The van der Waals surface area contributed by atoms with E-state index in [1.807, 2.05) is 30.3 Å². The van der Waals surface area contributed by atoms with Gasteiger partial charge in [0, 0.05) is 16.1 Å².